The molecular weight excluding hydrogens is 725 g/mol. The van der Waals surface area contributed by atoms with Crippen molar-refractivity contribution in [3.05, 3.63) is 96.9 Å². The third-order valence-corrected chi connectivity index (χ3v) is 10.1. The summed E-state index contributed by atoms with van der Waals surface area (Å²) in [5.74, 6) is 0.718. The Kier molecular flexibility index (Phi) is 12.0. The first-order valence-electron chi connectivity index (χ1n) is 19.2. The van der Waals surface area contributed by atoms with Gasteiger partial charge in [-0.1, -0.05) is 81.1 Å². The number of carbonyl (C=O) groups is 4. The average Bonchev–Trinajstić information content (AvgIpc) is 4.01. The monoisotopic (exact) mass is 776 g/mol. The maximum atomic E-state index is 13.7. The molecule has 14 nitrogen and oxygen atoms in total. The van der Waals surface area contributed by atoms with Crippen LogP contribution >= 0.6 is 0 Å². The second kappa shape index (κ2) is 16.9. The molecule has 57 heavy (non-hydrogen) atoms. The predicted molar refractivity (Wildman–Crippen MR) is 216 cm³/mol. The number of hydrogen-bond acceptors (Lipinski definition) is 8. The molecule has 300 valence electrons. The van der Waals surface area contributed by atoms with Crippen LogP contribution in [0.25, 0.3) is 33.6 Å². The average molecular weight is 777 g/mol. The van der Waals surface area contributed by atoms with Crippen LogP contribution in [0.1, 0.15) is 78.1 Å². The third-order valence-electron chi connectivity index (χ3n) is 10.1. The Labute approximate surface area is 333 Å². The zero-order valence-electron chi connectivity index (χ0n) is 33.6. The molecule has 0 unspecified atom stereocenters. The minimum Gasteiger partial charge on any atom is -0.453 e. The van der Waals surface area contributed by atoms with Crippen molar-refractivity contribution in [2.45, 2.75) is 84.2 Å². The number of methoxy groups -OCH3 is 1. The topological polar surface area (TPSA) is 175 Å². The molecule has 4 N–H and O–H groups in total. The number of nitrogens with one attached hydrogen (secondary N) is 4. The Morgan fingerprint density at radius 3 is 1.93 bits per heavy atom. The Balaban J connectivity index is 1.10. The molecule has 1 fully saturated rings. The summed E-state index contributed by atoms with van der Waals surface area (Å²) in [5.41, 5.74) is 5.47. The van der Waals surface area contributed by atoms with Crippen LogP contribution in [-0.2, 0) is 19.1 Å². The number of aromatic amines is 2. The summed E-state index contributed by atoms with van der Waals surface area (Å²) in [6, 6.07) is 14.1. The minimum atomic E-state index is -0.885. The van der Waals surface area contributed by atoms with E-state index in [4.69, 9.17) is 9.47 Å². The molecule has 2 aromatic heterocycles. The fourth-order valence-electron chi connectivity index (χ4n) is 7.14. The molecule has 0 bridgehead atoms. The van der Waals surface area contributed by atoms with Gasteiger partial charge in [0.2, 0.25) is 11.8 Å². The van der Waals surface area contributed by atoms with Crippen LogP contribution in [0.5, 0.6) is 0 Å². The van der Waals surface area contributed by atoms with Gasteiger partial charge in [-0.3, -0.25) is 9.59 Å². The third kappa shape index (κ3) is 9.28. The molecule has 14 heteroatoms. The van der Waals surface area contributed by atoms with Crippen molar-refractivity contribution in [3.8, 4) is 33.6 Å². The molecule has 2 aliphatic heterocycles. The number of amides is 4. The number of benzene rings is 2. The zero-order valence-corrected chi connectivity index (χ0v) is 33.6. The maximum absolute atomic E-state index is 13.7. The summed E-state index contributed by atoms with van der Waals surface area (Å²) < 4.78 is 10.1. The number of alkyl carbamates (subject to hydrolysis) is 2. The van der Waals surface area contributed by atoms with E-state index in [2.05, 4.69) is 61.4 Å². The molecule has 4 amide bonds. The van der Waals surface area contributed by atoms with Gasteiger partial charge in [0.25, 0.3) is 0 Å². The number of carbonyl (C=O) groups excluding carboxylic acids is 4. The smallest absolute Gasteiger partial charge is 0.408 e. The van der Waals surface area contributed by atoms with E-state index in [1.807, 2.05) is 50.3 Å². The number of rotatable bonds is 11. The van der Waals surface area contributed by atoms with E-state index in [9.17, 15) is 19.2 Å². The molecular formula is C43H52N8O6. The lowest BCUT2D eigenvalue weighted by molar-refractivity contribution is -0.135. The Hall–Kier alpha value is -6.18. The van der Waals surface area contributed by atoms with Crippen LogP contribution in [-0.4, -0.2) is 91.6 Å². The second-order valence-electron chi connectivity index (χ2n) is 15.9. The van der Waals surface area contributed by atoms with Crippen LogP contribution < -0.4 is 10.6 Å². The Bertz CT molecular complexity index is 2130. The molecule has 4 heterocycles. The lowest BCUT2D eigenvalue weighted by atomic mass is 10.0. The van der Waals surface area contributed by atoms with E-state index >= 15 is 0 Å². The van der Waals surface area contributed by atoms with Crippen molar-refractivity contribution < 1.29 is 28.7 Å². The quantitative estimate of drug-likeness (QED) is 0.117. The summed E-state index contributed by atoms with van der Waals surface area (Å²) in [5, 5.41) is 5.36. The van der Waals surface area contributed by atoms with Crippen molar-refractivity contribution >= 4 is 24.0 Å². The van der Waals surface area contributed by atoms with E-state index in [0.29, 0.717) is 30.3 Å². The first kappa shape index (κ1) is 40.5. The zero-order chi connectivity index (χ0) is 41.0. The lowest BCUT2D eigenvalue weighted by Gasteiger charge is -2.31. The van der Waals surface area contributed by atoms with Gasteiger partial charge in [-0.25, -0.2) is 19.6 Å². The highest BCUT2D eigenvalue weighted by molar-refractivity contribution is 5.89. The van der Waals surface area contributed by atoms with Gasteiger partial charge in [0.05, 0.1) is 36.9 Å². The van der Waals surface area contributed by atoms with Crippen molar-refractivity contribution in [3.63, 3.8) is 0 Å². The van der Waals surface area contributed by atoms with E-state index in [0.717, 1.165) is 46.5 Å². The van der Waals surface area contributed by atoms with Crippen LogP contribution in [0.4, 0.5) is 9.59 Å². The van der Waals surface area contributed by atoms with Crippen LogP contribution in [0.2, 0.25) is 0 Å². The van der Waals surface area contributed by atoms with Gasteiger partial charge < -0.3 is 39.9 Å². The normalized spacial score (nSPS) is 17.7. The number of likely N-dealkylation sites (tertiary alicyclic amines) is 1. The molecule has 2 aliphatic rings. The van der Waals surface area contributed by atoms with Crippen LogP contribution in [0.3, 0.4) is 0 Å². The van der Waals surface area contributed by atoms with Gasteiger partial charge in [0.15, 0.2) is 0 Å². The maximum Gasteiger partial charge on any atom is 0.408 e. The molecule has 0 spiro atoms. The molecule has 4 aromatic rings. The first-order chi connectivity index (χ1) is 27.1. The number of aromatic nitrogens is 4. The van der Waals surface area contributed by atoms with Gasteiger partial charge in [-0.15, -0.1) is 0 Å². The number of ether oxygens (including phenoxy) is 2. The molecule has 2 aromatic carbocycles. The minimum absolute atomic E-state index is 0.154. The number of imidazole rings is 2. The summed E-state index contributed by atoms with van der Waals surface area (Å²) in [4.78, 5) is 71.2. The number of hydrogen-bond donors (Lipinski definition) is 4. The summed E-state index contributed by atoms with van der Waals surface area (Å²) in [6.45, 7) is 15.7. The molecule has 1 saturated heterocycles. The molecule has 0 radical (unpaired) electrons. The second-order valence-corrected chi connectivity index (χ2v) is 15.9. The van der Waals surface area contributed by atoms with Crippen molar-refractivity contribution in [1.29, 1.82) is 0 Å². The van der Waals surface area contributed by atoms with Gasteiger partial charge in [0, 0.05) is 13.1 Å². The SMILES string of the molecule is C=C(C)[C@H](NC(=O)OC)C(=O)N1CCC[C@H]1c1ncc(-c2ccc(-c3ccc(-c4cnc([C@@H]5C=CCN5C(=O)[C@@H](NC(=O)OC(C)(C)C)C(C)C)[nH]4)cc3)cc2)[nH]1. The van der Waals surface area contributed by atoms with Crippen molar-refractivity contribution in [2.24, 2.45) is 5.92 Å². The largest absolute Gasteiger partial charge is 0.453 e. The first-order valence-corrected chi connectivity index (χ1v) is 19.2. The lowest BCUT2D eigenvalue weighted by Crippen LogP contribution is -2.52. The highest BCUT2D eigenvalue weighted by Gasteiger charge is 2.38. The number of H-pyrrole nitrogens is 2. The highest BCUT2D eigenvalue weighted by Crippen LogP contribution is 2.34. The molecule has 0 aliphatic carbocycles. The fraction of sp³-hybridized carbons (Fsp3) is 0.395. The summed E-state index contributed by atoms with van der Waals surface area (Å²) in [7, 11) is 1.26. The molecule has 4 atom stereocenters. The Morgan fingerprint density at radius 2 is 1.39 bits per heavy atom. The van der Waals surface area contributed by atoms with E-state index in [-0.39, 0.29) is 23.8 Å². The van der Waals surface area contributed by atoms with Crippen molar-refractivity contribution in [2.75, 3.05) is 20.2 Å². The van der Waals surface area contributed by atoms with Gasteiger partial charge in [-0.05, 0) is 74.3 Å². The summed E-state index contributed by atoms with van der Waals surface area (Å²) >= 11 is 0. The van der Waals surface area contributed by atoms with E-state index in [1.54, 1.807) is 49.9 Å². The summed E-state index contributed by atoms with van der Waals surface area (Å²) in [6.07, 6.45) is 7.67. The Morgan fingerprint density at radius 1 is 0.825 bits per heavy atom. The predicted octanol–water partition coefficient (Wildman–Crippen LogP) is 7.09. The van der Waals surface area contributed by atoms with Crippen LogP contribution in [0, 0.1) is 5.92 Å². The van der Waals surface area contributed by atoms with E-state index in [1.165, 1.54) is 7.11 Å². The fourth-order valence-corrected chi connectivity index (χ4v) is 7.14. The van der Waals surface area contributed by atoms with Crippen LogP contribution in [0.15, 0.2) is 85.2 Å². The molecule has 0 saturated carbocycles. The van der Waals surface area contributed by atoms with E-state index < -0.39 is 35.9 Å². The highest BCUT2D eigenvalue weighted by atomic mass is 16.6. The van der Waals surface area contributed by atoms with Gasteiger partial charge >= 0.3 is 12.2 Å². The molecule has 6 rings (SSSR count). The number of nitrogens with zero attached hydrogens (tertiary/aromatic N) is 4. The standard InChI is InChI=1S/C43H52N8O6/c1-25(2)35(48-41(54)56-8)39(52)50-21-9-11-33(50)37-44-23-31(46-37)29-17-13-27(14-18-29)28-15-19-30(20-16-28)32-24-45-38(47-32)34-12-10-22-51(34)40(53)36(26(3)4)49-42(55)57-43(5,6)7/h10,12-20,23-24,26,33-36H,1,9,11,21-22H2,2-8H3,(H,44,46)(H,45,47)(H,48,54)(H,49,55)/t33-,34-,35-,36-/m0/s1. The van der Waals surface area contributed by atoms with Gasteiger partial charge in [-0.2, -0.15) is 0 Å². The van der Waals surface area contributed by atoms with Crippen molar-refractivity contribution in [1.82, 2.24) is 40.4 Å². The van der Waals surface area contributed by atoms with Gasteiger partial charge in [0.1, 0.15) is 35.4 Å².